The molecule has 1 aromatic heterocycles. The molecule has 1 N–H and O–H groups in total. The highest BCUT2D eigenvalue weighted by atomic mass is 35.5. The molecule has 2 aromatic rings. The fraction of sp³-hybridized carbons (Fsp3) is 0.375. The lowest BCUT2D eigenvalue weighted by atomic mass is 10.0. The molecule has 0 amide bonds. The third-order valence-corrected chi connectivity index (χ3v) is 4.63. The molecule has 0 radical (unpaired) electrons. The lowest BCUT2D eigenvalue weighted by molar-refractivity contribution is 0.404. The van der Waals surface area contributed by atoms with E-state index in [2.05, 4.69) is 37.4 Å². The van der Waals surface area contributed by atoms with Crippen LogP contribution in [0.4, 0.5) is 0 Å². The fourth-order valence-electron chi connectivity index (χ4n) is 2.20. The highest BCUT2D eigenvalue weighted by Gasteiger charge is 2.21. The van der Waals surface area contributed by atoms with E-state index < -0.39 is 0 Å². The Bertz CT molecular complexity index is 567. The number of halogens is 1. The van der Waals surface area contributed by atoms with Crippen molar-refractivity contribution in [2.75, 3.05) is 13.7 Å². The van der Waals surface area contributed by atoms with Crippen LogP contribution in [0.1, 0.15) is 35.4 Å². The van der Waals surface area contributed by atoms with Crippen LogP contribution in [0, 0.1) is 6.92 Å². The minimum Gasteiger partial charge on any atom is -0.496 e. The number of hydrogen-bond donors (Lipinski definition) is 1. The second kappa shape index (κ2) is 7.11. The van der Waals surface area contributed by atoms with Crippen molar-refractivity contribution in [3.63, 3.8) is 0 Å². The van der Waals surface area contributed by atoms with E-state index in [0.29, 0.717) is 0 Å². The Hall–Kier alpha value is -1.03. The smallest absolute Gasteiger partial charge is 0.124 e. The van der Waals surface area contributed by atoms with Gasteiger partial charge >= 0.3 is 0 Å². The number of benzene rings is 1. The molecular formula is C16H20ClNOS. The van der Waals surface area contributed by atoms with E-state index in [1.165, 1.54) is 5.56 Å². The first-order valence-electron chi connectivity index (χ1n) is 6.78. The zero-order valence-corrected chi connectivity index (χ0v) is 13.6. The van der Waals surface area contributed by atoms with Gasteiger partial charge in [-0.25, -0.2) is 0 Å². The third kappa shape index (κ3) is 3.35. The zero-order chi connectivity index (χ0) is 14.5. The number of methoxy groups -OCH3 is 1. The van der Waals surface area contributed by atoms with Gasteiger partial charge in [0.1, 0.15) is 5.75 Å². The second-order valence-corrected chi connectivity index (χ2v) is 6.12. The van der Waals surface area contributed by atoms with Gasteiger partial charge < -0.3 is 10.1 Å². The van der Waals surface area contributed by atoms with Crippen molar-refractivity contribution in [2.24, 2.45) is 0 Å². The molecule has 20 heavy (non-hydrogen) atoms. The summed E-state index contributed by atoms with van der Waals surface area (Å²) in [5.74, 6) is 0.906. The Labute approximate surface area is 129 Å². The van der Waals surface area contributed by atoms with Gasteiger partial charge in [-0.05, 0) is 43.0 Å². The quantitative estimate of drug-likeness (QED) is 0.827. The van der Waals surface area contributed by atoms with Gasteiger partial charge in [-0.15, -0.1) is 11.3 Å². The Morgan fingerprint density at radius 1 is 1.35 bits per heavy atom. The molecule has 1 aromatic carbocycles. The molecule has 2 nitrogen and oxygen atoms in total. The minimum atomic E-state index is 0.0815. The molecule has 108 valence electrons. The number of rotatable bonds is 6. The Morgan fingerprint density at radius 3 is 2.75 bits per heavy atom. The molecule has 1 atom stereocenters. The molecule has 4 heteroatoms. The molecule has 0 aliphatic carbocycles. The fourth-order valence-corrected chi connectivity index (χ4v) is 3.46. The van der Waals surface area contributed by atoms with Crippen molar-refractivity contribution in [3.05, 3.63) is 50.7 Å². The molecule has 0 saturated heterocycles. The van der Waals surface area contributed by atoms with Crippen LogP contribution in [0.2, 0.25) is 5.02 Å². The zero-order valence-electron chi connectivity index (χ0n) is 12.1. The maximum absolute atomic E-state index is 6.32. The molecule has 0 saturated carbocycles. The van der Waals surface area contributed by atoms with Crippen LogP contribution in [0.3, 0.4) is 0 Å². The van der Waals surface area contributed by atoms with Crippen molar-refractivity contribution in [1.29, 1.82) is 0 Å². The summed E-state index contributed by atoms with van der Waals surface area (Å²) in [6.45, 7) is 5.17. The first-order chi connectivity index (χ1) is 9.67. The predicted octanol–water partition coefficient (Wildman–Crippen LogP) is 4.81. The number of nitrogens with one attached hydrogen (secondary N) is 1. The van der Waals surface area contributed by atoms with Gasteiger partial charge in [0.15, 0.2) is 0 Å². The summed E-state index contributed by atoms with van der Waals surface area (Å²) >= 11 is 8.00. The van der Waals surface area contributed by atoms with E-state index >= 15 is 0 Å². The van der Waals surface area contributed by atoms with Gasteiger partial charge in [0, 0.05) is 10.4 Å². The van der Waals surface area contributed by atoms with Crippen molar-refractivity contribution in [2.45, 2.75) is 26.3 Å². The van der Waals surface area contributed by atoms with E-state index in [1.54, 1.807) is 18.4 Å². The van der Waals surface area contributed by atoms with E-state index in [0.717, 1.165) is 34.2 Å². The van der Waals surface area contributed by atoms with Crippen LogP contribution < -0.4 is 10.1 Å². The topological polar surface area (TPSA) is 21.3 Å². The van der Waals surface area contributed by atoms with Crippen LogP contribution in [0.15, 0.2) is 29.6 Å². The van der Waals surface area contributed by atoms with Gasteiger partial charge in [-0.2, -0.15) is 0 Å². The summed E-state index contributed by atoms with van der Waals surface area (Å²) in [5.41, 5.74) is 2.33. The number of hydrogen-bond acceptors (Lipinski definition) is 3. The normalized spacial score (nSPS) is 12.4. The van der Waals surface area contributed by atoms with Crippen LogP contribution in [0.5, 0.6) is 5.75 Å². The summed E-state index contributed by atoms with van der Waals surface area (Å²) < 4.78 is 5.55. The van der Waals surface area contributed by atoms with E-state index in [1.807, 2.05) is 11.4 Å². The van der Waals surface area contributed by atoms with E-state index in [4.69, 9.17) is 16.3 Å². The third-order valence-electron chi connectivity index (χ3n) is 3.21. The van der Waals surface area contributed by atoms with Crippen LogP contribution in [0.25, 0.3) is 0 Å². The average Bonchev–Trinajstić information content (AvgIpc) is 2.86. The van der Waals surface area contributed by atoms with Crippen molar-refractivity contribution < 1.29 is 4.74 Å². The molecule has 1 unspecified atom stereocenters. The maximum atomic E-state index is 6.32. The first-order valence-corrected chi connectivity index (χ1v) is 8.04. The van der Waals surface area contributed by atoms with Crippen molar-refractivity contribution in [3.8, 4) is 5.75 Å². The number of thiophene rings is 1. The summed E-state index contributed by atoms with van der Waals surface area (Å²) in [5, 5.41) is 6.41. The molecule has 0 bridgehead atoms. The monoisotopic (exact) mass is 309 g/mol. The molecule has 2 rings (SSSR count). The van der Waals surface area contributed by atoms with Gasteiger partial charge in [0.25, 0.3) is 0 Å². The SMILES string of the molecule is CCCNC(c1ccc(C)cc1OC)c1sccc1Cl. The standard InChI is InChI=1S/C16H20ClNOS/c1-4-8-18-15(16-13(17)7-9-20-16)12-6-5-11(2)10-14(12)19-3/h5-7,9-10,15,18H,4,8H2,1-3H3. The molecular weight excluding hydrogens is 290 g/mol. The first kappa shape index (κ1) is 15.4. The minimum absolute atomic E-state index is 0.0815. The van der Waals surface area contributed by atoms with Gasteiger partial charge in [-0.3, -0.25) is 0 Å². The molecule has 0 spiro atoms. The number of ether oxygens (including phenoxy) is 1. The van der Waals surface area contributed by atoms with Crippen molar-refractivity contribution >= 4 is 22.9 Å². The summed E-state index contributed by atoms with van der Waals surface area (Å²) in [7, 11) is 1.71. The summed E-state index contributed by atoms with van der Waals surface area (Å²) in [6, 6.07) is 8.33. The maximum Gasteiger partial charge on any atom is 0.124 e. The average molecular weight is 310 g/mol. The second-order valence-electron chi connectivity index (χ2n) is 4.77. The van der Waals surface area contributed by atoms with Crippen LogP contribution in [-0.2, 0) is 0 Å². The summed E-state index contributed by atoms with van der Waals surface area (Å²) in [6.07, 6.45) is 1.08. The Kier molecular flexibility index (Phi) is 5.46. The molecule has 0 aliphatic heterocycles. The lowest BCUT2D eigenvalue weighted by Gasteiger charge is -2.21. The molecule has 1 heterocycles. The largest absolute Gasteiger partial charge is 0.496 e. The van der Waals surface area contributed by atoms with Crippen LogP contribution >= 0.6 is 22.9 Å². The summed E-state index contributed by atoms with van der Waals surface area (Å²) in [4.78, 5) is 1.14. The van der Waals surface area contributed by atoms with Crippen LogP contribution in [-0.4, -0.2) is 13.7 Å². The van der Waals surface area contributed by atoms with Gasteiger partial charge in [0.05, 0.1) is 18.2 Å². The Balaban J connectivity index is 2.43. The predicted molar refractivity (Wildman–Crippen MR) is 87.2 cm³/mol. The molecule has 0 fully saturated rings. The highest BCUT2D eigenvalue weighted by molar-refractivity contribution is 7.10. The Morgan fingerprint density at radius 2 is 2.15 bits per heavy atom. The molecule has 0 aliphatic rings. The van der Waals surface area contributed by atoms with Gasteiger partial charge in [-0.1, -0.05) is 30.7 Å². The number of aryl methyl sites for hydroxylation is 1. The van der Waals surface area contributed by atoms with E-state index in [9.17, 15) is 0 Å². The van der Waals surface area contributed by atoms with Gasteiger partial charge in [0.2, 0.25) is 0 Å². The van der Waals surface area contributed by atoms with E-state index in [-0.39, 0.29) is 6.04 Å². The lowest BCUT2D eigenvalue weighted by Crippen LogP contribution is -2.23. The highest BCUT2D eigenvalue weighted by Crippen LogP contribution is 2.37. The van der Waals surface area contributed by atoms with Crippen molar-refractivity contribution in [1.82, 2.24) is 5.32 Å².